The number of imide groups is 1. The van der Waals surface area contributed by atoms with E-state index < -0.39 is 47.9 Å². The normalized spacial score (nSPS) is 15.6. The minimum Gasteiger partial charge on any atom is -0.465 e. The summed E-state index contributed by atoms with van der Waals surface area (Å²) in [5, 5.41) is 2.55. The molecular formula is C17H26N2O8. The Morgan fingerprint density at radius 2 is 1.67 bits per heavy atom. The van der Waals surface area contributed by atoms with Gasteiger partial charge in [-0.3, -0.25) is 14.4 Å². The average molecular weight is 386 g/mol. The maximum absolute atomic E-state index is 12.3. The first kappa shape index (κ1) is 22.4. The Bertz CT molecular complexity index is 593. The van der Waals surface area contributed by atoms with Gasteiger partial charge in [0.1, 0.15) is 11.6 Å². The second-order valence-electron chi connectivity index (χ2n) is 7.47. The van der Waals surface area contributed by atoms with Crippen molar-refractivity contribution in [1.29, 1.82) is 0 Å². The van der Waals surface area contributed by atoms with Crippen molar-refractivity contribution in [3.05, 3.63) is 0 Å². The predicted molar refractivity (Wildman–Crippen MR) is 90.8 cm³/mol. The molecule has 0 radical (unpaired) electrons. The molecule has 0 aliphatic carbocycles. The summed E-state index contributed by atoms with van der Waals surface area (Å²) in [6.45, 7) is 8.68. The van der Waals surface area contributed by atoms with E-state index in [0.29, 0.717) is 5.06 Å². The number of nitrogens with one attached hydrogen (secondary N) is 1. The van der Waals surface area contributed by atoms with Crippen molar-refractivity contribution >= 4 is 29.8 Å². The molecule has 3 amide bonds. The summed E-state index contributed by atoms with van der Waals surface area (Å²) in [5.41, 5.74) is -0.836. The van der Waals surface area contributed by atoms with Crippen LogP contribution >= 0.6 is 0 Å². The average Bonchev–Trinajstić information content (AvgIpc) is 2.82. The fourth-order valence-electron chi connectivity index (χ4n) is 1.94. The molecule has 1 aliphatic rings. The van der Waals surface area contributed by atoms with Crippen LogP contribution in [0.4, 0.5) is 4.79 Å². The largest absolute Gasteiger partial charge is 0.465 e. The van der Waals surface area contributed by atoms with Crippen LogP contribution in [0.15, 0.2) is 0 Å². The van der Waals surface area contributed by atoms with Crippen molar-refractivity contribution in [2.75, 3.05) is 6.61 Å². The van der Waals surface area contributed by atoms with Crippen molar-refractivity contribution in [1.82, 2.24) is 10.4 Å². The lowest BCUT2D eigenvalue weighted by atomic mass is 10.2. The summed E-state index contributed by atoms with van der Waals surface area (Å²) in [6, 6.07) is -1.49. The summed E-state index contributed by atoms with van der Waals surface area (Å²) in [6.07, 6.45) is -1.65. The topological polar surface area (TPSA) is 128 Å². The van der Waals surface area contributed by atoms with Gasteiger partial charge in [0.15, 0.2) is 0 Å². The lowest BCUT2D eigenvalue weighted by molar-refractivity contribution is -0.199. The quantitative estimate of drug-likeness (QED) is 0.508. The van der Waals surface area contributed by atoms with Crippen molar-refractivity contribution in [2.24, 2.45) is 5.92 Å². The Morgan fingerprint density at radius 1 is 1.11 bits per heavy atom. The molecule has 152 valence electrons. The zero-order valence-corrected chi connectivity index (χ0v) is 16.2. The molecule has 1 fully saturated rings. The standard InChI is InChI=1S/C17H26N2O8/c1-10(2)9-25-14(22)8-11(18-16(24)26-17(3,4)5)15(23)27-19-12(20)6-7-13(19)21/h10-11H,6-9H2,1-5H3,(H,18,24). The van der Waals surface area contributed by atoms with E-state index in [9.17, 15) is 24.0 Å². The lowest BCUT2D eigenvalue weighted by Crippen LogP contribution is -2.48. The molecule has 0 bridgehead atoms. The number of hydrogen-bond acceptors (Lipinski definition) is 8. The van der Waals surface area contributed by atoms with E-state index in [1.165, 1.54) is 0 Å². The molecule has 1 rings (SSSR count). The van der Waals surface area contributed by atoms with E-state index in [-0.39, 0.29) is 25.4 Å². The van der Waals surface area contributed by atoms with E-state index in [2.05, 4.69) is 5.32 Å². The van der Waals surface area contributed by atoms with Gasteiger partial charge in [0, 0.05) is 12.8 Å². The molecule has 0 aromatic heterocycles. The Morgan fingerprint density at radius 3 is 2.15 bits per heavy atom. The molecule has 1 unspecified atom stereocenters. The third-order valence-electron chi connectivity index (χ3n) is 3.11. The molecule has 1 saturated heterocycles. The third kappa shape index (κ3) is 8.06. The molecule has 0 saturated carbocycles. The van der Waals surface area contributed by atoms with Crippen LogP contribution in [-0.2, 0) is 33.5 Å². The van der Waals surface area contributed by atoms with Gasteiger partial charge in [0.25, 0.3) is 11.8 Å². The van der Waals surface area contributed by atoms with Crippen LogP contribution in [0.5, 0.6) is 0 Å². The number of carbonyl (C=O) groups excluding carboxylic acids is 5. The van der Waals surface area contributed by atoms with Crippen LogP contribution in [0, 0.1) is 5.92 Å². The monoisotopic (exact) mass is 386 g/mol. The molecule has 1 aliphatic heterocycles. The number of rotatable bonds is 7. The molecule has 27 heavy (non-hydrogen) atoms. The van der Waals surface area contributed by atoms with Crippen molar-refractivity contribution in [3.8, 4) is 0 Å². The Labute approximate surface area is 157 Å². The highest BCUT2D eigenvalue weighted by Crippen LogP contribution is 2.14. The van der Waals surface area contributed by atoms with Crippen molar-refractivity contribution in [3.63, 3.8) is 0 Å². The molecular weight excluding hydrogens is 360 g/mol. The number of ether oxygens (including phenoxy) is 2. The van der Waals surface area contributed by atoms with Gasteiger partial charge in [0.2, 0.25) is 0 Å². The maximum atomic E-state index is 12.3. The highest BCUT2D eigenvalue weighted by atomic mass is 16.7. The van der Waals surface area contributed by atoms with E-state index in [1.54, 1.807) is 20.8 Å². The number of esters is 1. The fraction of sp³-hybridized carbons (Fsp3) is 0.706. The zero-order valence-electron chi connectivity index (χ0n) is 16.2. The molecule has 0 spiro atoms. The van der Waals surface area contributed by atoms with Crippen LogP contribution in [0.2, 0.25) is 0 Å². The zero-order chi connectivity index (χ0) is 20.8. The van der Waals surface area contributed by atoms with E-state index in [0.717, 1.165) is 0 Å². The van der Waals surface area contributed by atoms with Gasteiger partial charge >= 0.3 is 18.0 Å². The summed E-state index contributed by atoms with van der Waals surface area (Å²) in [4.78, 5) is 64.1. The summed E-state index contributed by atoms with van der Waals surface area (Å²) >= 11 is 0. The van der Waals surface area contributed by atoms with Gasteiger partial charge in [-0.25, -0.2) is 9.59 Å². The van der Waals surface area contributed by atoms with Gasteiger partial charge in [-0.05, 0) is 26.7 Å². The minimum atomic E-state index is -1.49. The van der Waals surface area contributed by atoms with Crippen LogP contribution in [0.25, 0.3) is 0 Å². The van der Waals surface area contributed by atoms with E-state index >= 15 is 0 Å². The van der Waals surface area contributed by atoms with Gasteiger partial charge in [-0.1, -0.05) is 13.8 Å². The lowest BCUT2D eigenvalue weighted by Gasteiger charge is -2.23. The summed E-state index contributed by atoms with van der Waals surface area (Å²) < 4.78 is 10.0. The number of hydroxylamine groups is 2. The molecule has 1 N–H and O–H groups in total. The first-order valence-corrected chi connectivity index (χ1v) is 8.61. The minimum absolute atomic E-state index is 0.0767. The summed E-state index contributed by atoms with van der Waals surface area (Å²) in [7, 11) is 0. The van der Waals surface area contributed by atoms with Gasteiger partial charge in [-0.2, -0.15) is 0 Å². The Kier molecular flexibility index (Phi) is 7.74. The van der Waals surface area contributed by atoms with Gasteiger partial charge in [-0.15, -0.1) is 5.06 Å². The first-order valence-electron chi connectivity index (χ1n) is 8.61. The van der Waals surface area contributed by atoms with Crippen molar-refractivity contribution in [2.45, 2.75) is 65.5 Å². The molecule has 1 heterocycles. The number of amides is 3. The molecule has 0 aromatic carbocycles. The summed E-state index contributed by atoms with van der Waals surface area (Å²) in [5.74, 6) is -3.16. The predicted octanol–water partition coefficient (Wildman–Crippen LogP) is 1.08. The van der Waals surface area contributed by atoms with Gasteiger partial charge in [0.05, 0.1) is 13.0 Å². The highest BCUT2D eigenvalue weighted by molar-refractivity contribution is 6.02. The Balaban J connectivity index is 2.80. The van der Waals surface area contributed by atoms with Crippen LogP contribution in [-0.4, -0.2) is 53.2 Å². The molecule has 10 heteroatoms. The third-order valence-corrected chi connectivity index (χ3v) is 3.11. The fourth-order valence-corrected chi connectivity index (χ4v) is 1.94. The van der Waals surface area contributed by atoms with Crippen LogP contribution in [0.3, 0.4) is 0 Å². The molecule has 1 atom stereocenters. The second-order valence-corrected chi connectivity index (χ2v) is 7.47. The first-order chi connectivity index (χ1) is 12.4. The van der Waals surface area contributed by atoms with Crippen LogP contribution in [0.1, 0.15) is 53.9 Å². The highest BCUT2D eigenvalue weighted by Gasteiger charge is 2.36. The number of hydrogen-bond donors (Lipinski definition) is 1. The molecule has 0 aromatic rings. The number of nitrogens with zero attached hydrogens (tertiary/aromatic N) is 1. The van der Waals surface area contributed by atoms with E-state index in [4.69, 9.17) is 14.3 Å². The van der Waals surface area contributed by atoms with E-state index in [1.807, 2.05) is 13.8 Å². The number of alkyl carbamates (subject to hydrolysis) is 1. The smallest absolute Gasteiger partial charge is 0.408 e. The Hall–Kier alpha value is -2.65. The maximum Gasteiger partial charge on any atom is 0.408 e. The van der Waals surface area contributed by atoms with Crippen molar-refractivity contribution < 1.29 is 38.3 Å². The second kappa shape index (κ2) is 9.33. The molecule has 10 nitrogen and oxygen atoms in total. The van der Waals surface area contributed by atoms with Gasteiger partial charge < -0.3 is 19.6 Å². The SMILES string of the molecule is CC(C)COC(=O)CC(NC(=O)OC(C)(C)C)C(=O)ON1C(=O)CCC1=O. The number of carbonyl (C=O) groups is 5. The van der Waals surface area contributed by atoms with Crippen LogP contribution < -0.4 is 5.32 Å².